The summed E-state index contributed by atoms with van der Waals surface area (Å²) in [6.45, 7) is 0. The molecule has 1 saturated carbocycles. The van der Waals surface area contributed by atoms with Gasteiger partial charge < -0.3 is 10.6 Å². The summed E-state index contributed by atoms with van der Waals surface area (Å²) in [5.41, 5.74) is 0.559. The zero-order valence-corrected chi connectivity index (χ0v) is 17.8. The summed E-state index contributed by atoms with van der Waals surface area (Å²) in [6.07, 6.45) is 15.2. The number of rotatable bonds is 4. The third-order valence-electron chi connectivity index (χ3n) is 5.11. The normalized spacial score (nSPS) is 17.7. The highest BCUT2D eigenvalue weighted by atomic mass is 35.5. The van der Waals surface area contributed by atoms with E-state index in [1.165, 1.54) is 57.8 Å². The second kappa shape index (κ2) is 12.7. The summed E-state index contributed by atoms with van der Waals surface area (Å²) in [5.74, 6) is -0.457. The van der Waals surface area contributed by atoms with Gasteiger partial charge in [0.05, 0.1) is 10.0 Å². The van der Waals surface area contributed by atoms with Crippen LogP contribution in [-0.2, 0) is 4.79 Å². The van der Waals surface area contributed by atoms with E-state index in [-0.39, 0.29) is 5.57 Å². The highest BCUT2D eigenvalue weighted by Crippen LogP contribution is 2.25. The largest absolute Gasteiger partial charge is 0.387 e. The van der Waals surface area contributed by atoms with Gasteiger partial charge in [-0.15, -0.1) is 0 Å². The Bertz CT molecular complexity index is 700. The number of carbonyl (C=O) groups excluding carboxylic acids is 1. The number of hydrogen-bond acceptors (Lipinski definition) is 3. The molecule has 0 aromatic heterocycles. The van der Waals surface area contributed by atoms with Crippen molar-refractivity contribution >= 4 is 34.8 Å². The molecule has 1 aliphatic rings. The summed E-state index contributed by atoms with van der Waals surface area (Å²) in [7, 11) is 0. The summed E-state index contributed by atoms with van der Waals surface area (Å²) in [5, 5.41) is 16.2. The molecule has 0 aliphatic heterocycles. The van der Waals surface area contributed by atoms with E-state index >= 15 is 0 Å². The van der Waals surface area contributed by atoms with Crippen LogP contribution in [-0.4, -0.2) is 11.9 Å². The maximum absolute atomic E-state index is 12.4. The molecule has 0 heterocycles. The Labute approximate surface area is 178 Å². The van der Waals surface area contributed by atoms with Gasteiger partial charge in [0.2, 0.25) is 0 Å². The van der Waals surface area contributed by atoms with Crippen LogP contribution in [0.5, 0.6) is 0 Å². The average Bonchev–Trinajstić information content (AvgIpc) is 2.67. The third kappa shape index (κ3) is 8.12. The Morgan fingerprint density at radius 2 is 1.54 bits per heavy atom. The van der Waals surface area contributed by atoms with Crippen molar-refractivity contribution in [1.82, 2.24) is 5.32 Å². The molecule has 1 aromatic rings. The third-order valence-corrected chi connectivity index (χ3v) is 5.85. The molecule has 0 unspecified atom stereocenters. The molecule has 0 bridgehead atoms. The van der Waals surface area contributed by atoms with Crippen molar-refractivity contribution in [1.29, 1.82) is 5.26 Å². The van der Waals surface area contributed by atoms with Crippen LogP contribution in [0.4, 0.5) is 5.69 Å². The molecular weight excluding hydrogens is 393 g/mol. The van der Waals surface area contributed by atoms with E-state index in [9.17, 15) is 10.1 Å². The van der Waals surface area contributed by atoms with Crippen LogP contribution >= 0.6 is 23.2 Å². The van der Waals surface area contributed by atoms with Gasteiger partial charge in [0.15, 0.2) is 0 Å². The number of nitrogens with one attached hydrogen (secondary N) is 2. The standard InChI is InChI=1S/C22H29Cl2N3O/c23-20-13-12-19(14-21(20)24)27-22(28)17(15-25)16-26-18-10-8-6-4-2-1-3-5-7-9-11-18/h12-14,16,18,26H,1-11H2,(H,27,28)/b17-16-. The molecule has 152 valence electrons. The summed E-state index contributed by atoms with van der Waals surface area (Å²) in [4.78, 5) is 12.4. The van der Waals surface area contributed by atoms with Gasteiger partial charge in [0.1, 0.15) is 11.6 Å². The van der Waals surface area contributed by atoms with Gasteiger partial charge in [-0.05, 0) is 31.0 Å². The van der Waals surface area contributed by atoms with Crippen molar-refractivity contribution in [3.63, 3.8) is 0 Å². The van der Waals surface area contributed by atoms with Crippen molar-refractivity contribution < 1.29 is 4.79 Å². The van der Waals surface area contributed by atoms with Gasteiger partial charge in [-0.25, -0.2) is 0 Å². The summed E-state index contributed by atoms with van der Waals surface area (Å²) >= 11 is 11.9. The molecule has 4 nitrogen and oxygen atoms in total. The topological polar surface area (TPSA) is 64.9 Å². The van der Waals surface area contributed by atoms with Crippen molar-refractivity contribution in [3.8, 4) is 6.07 Å². The van der Waals surface area contributed by atoms with E-state index in [1.807, 2.05) is 6.07 Å². The van der Waals surface area contributed by atoms with Crippen LogP contribution in [0.3, 0.4) is 0 Å². The first kappa shape index (κ1) is 22.6. The van der Waals surface area contributed by atoms with Crippen molar-refractivity contribution in [3.05, 3.63) is 40.0 Å². The van der Waals surface area contributed by atoms with Crippen LogP contribution in [0.2, 0.25) is 10.0 Å². The van der Waals surface area contributed by atoms with E-state index in [4.69, 9.17) is 23.2 Å². The molecule has 6 heteroatoms. The highest BCUT2D eigenvalue weighted by Gasteiger charge is 2.13. The second-order valence-corrected chi connectivity index (χ2v) is 8.19. The van der Waals surface area contributed by atoms with Gasteiger partial charge >= 0.3 is 0 Å². The predicted octanol–water partition coefficient (Wildman–Crippen LogP) is 6.60. The maximum atomic E-state index is 12.4. The molecular formula is C22H29Cl2N3O. The molecule has 0 spiro atoms. The summed E-state index contributed by atoms with van der Waals surface area (Å²) < 4.78 is 0. The number of carbonyl (C=O) groups is 1. The van der Waals surface area contributed by atoms with Crippen molar-refractivity contribution in [2.45, 2.75) is 76.7 Å². The van der Waals surface area contributed by atoms with E-state index in [0.717, 1.165) is 12.8 Å². The zero-order chi connectivity index (χ0) is 20.2. The van der Waals surface area contributed by atoms with E-state index in [0.29, 0.717) is 21.8 Å². The number of nitriles is 1. The lowest BCUT2D eigenvalue weighted by Gasteiger charge is -2.18. The molecule has 0 radical (unpaired) electrons. The first-order chi connectivity index (χ1) is 13.6. The number of nitrogens with zero attached hydrogens (tertiary/aromatic N) is 1. The Hall–Kier alpha value is -1.70. The van der Waals surface area contributed by atoms with Gasteiger partial charge in [0.25, 0.3) is 5.91 Å². The van der Waals surface area contributed by atoms with Crippen molar-refractivity contribution in [2.75, 3.05) is 5.32 Å². The molecule has 0 saturated heterocycles. The number of halogens is 2. The van der Waals surface area contributed by atoms with Crippen LogP contribution < -0.4 is 10.6 Å². The van der Waals surface area contributed by atoms with Gasteiger partial charge in [0, 0.05) is 17.9 Å². The minimum Gasteiger partial charge on any atom is -0.387 e. The van der Waals surface area contributed by atoms with Gasteiger partial charge in [-0.1, -0.05) is 81.0 Å². The van der Waals surface area contributed by atoms with Crippen LogP contribution in [0.15, 0.2) is 30.0 Å². The number of benzene rings is 1. The predicted molar refractivity (Wildman–Crippen MR) is 116 cm³/mol. The molecule has 2 N–H and O–H groups in total. The Morgan fingerprint density at radius 3 is 2.07 bits per heavy atom. The lowest BCUT2D eigenvalue weighted by atomic mass is 9.98. The number of anilines is 1. The SMILES string of the molecule is N#C/C(=C/NC1CCCCCCCCCCC1)C(=O)Nc1ccc(Cl)c(Cl)c1. The Kier molecular flexibility index (Phi) is 10.2. The van der Waals surface area contributed by atoms with Gasteiger partial charge in [-0.3, -0.25) is 4.79 Å². The van der Waals surface area contributed by atoms with E-state index in [2.05, 4.69) is 10.6 Å². The zero-order valence-electron chi connectivity index (χ0n) is 16.3. The molecule has 1 aliphatic carbocycles. The fourth-order valence-corrected chi connectivity index (χ4v) is 3.75. The monoisotopic (exact) mass is 421 g/mol. The Morgan fingerprint density at radius 1 is 0.964 bits per heavy atom. The van der Waals surface area contributed by atoms with Crippen molar-refractivity contribution in [2.24, 2.45) is 0 Å². The second-order valence-electron chi connectivity index (χ2n) is 7.38. The minimum absolute atomic E-state index is 0.0530. The van der Waals surface area contributed by atoms with Crippen LogP contribution in [0, 0.1) is 11.3 Å². The Balaban J connectivity index is 1.93. The first-order valence-corrected chi connectivity index (χ1v) is 11.0. The molecule has 1 amide bonds. The first-order valence-electron chi connectivity index (χ1n) is 10.2. The molecule has 1 fully saturated rings. The molecule has 0 atom stereocenters. The fraction of sp³-hybridized carbons (Fsp3) is 0.545. The van der Waals surface area contributed by atoms with Gasteiger partial charge in [-0.2, -0.15) is 5.26 Å². The quantitative estimate of drug-likeness (QED) is 0.424. The number of amides is 1. The molecule has 2 rings (SSSR count). The minimum atomic E-state index is -0.457. The highest BCUT2D eigenvalue weighted by molar-refractivity contribution is 6.42. The summed E-state index contributed by atoms with van der Waals surface area (Å²) in [6, 6.07) is 7.12. The lowest BCUT2D eigenvalue weighted by molar-refractivity contribution is -0.112. The smallest absolute Gasteiger partial charge is 0.267 e. The fourth-order valence-electron chi connectivity index (χ4n) is 3.45. The molecule has 1 aromatic carbocycles. The molecule has 28 heavy (non-hydrogen) atoms. The van der Waals surface area contributed by atoms with Crippen LogP contribution in [0.1, 0.15) is 70.6 Å². The number of hydrogen-bond donors (Lipinski definition) is 2. The van der Waals surface area contributed by atoms with E-state index in [1.54, 1.807) is 24.4 Å². The lowest BCUT2D eigenvalue weighted by Crippen LogP contribution is -2.26. The van der Waals surface area contributed by atoms with E-state index < -0.39 is 5.91 Å². The maximum Gasteiger partial charge on any atom is 0.267 e. The average molecular weight is 422 g/mol. The van der Waals surface area contributed by atoms with Crippen LogP contribution in [0.25, 0.3) is 0 Å².